The average Bonchev–Trinajstić information content (AvgIpc) is 0.904. The van der Waals surface area contributed by atoms with Crippen molar-refractivity contribution in [2.75, 3.05) is 39.6 Å². The van der Waals surface area contributed by atoms with Gasteiger partial charge < -0.3 is 34.2 Å². The van der Waals surface area contributed by atoms with Crippen LogP contribution < -0.4 is 0 Å². The molecule has 0 aliphatic carbocycles. The van der Waals surface area contributed by atoms with Gasteiger partial charge in [0.05, 0.1) is 26.4 Å². The van der Waals surface area contributed by atoms with E-state index in [9.17, 15) is 43.5 Å². The van der Waals surface area contributed by atoms with Crippen molar-refractivity contribution in [2.45, 2.75) is 347 Å². The molecule has 0 aliphatic heterocycles. The lowest BCUT2D eigenvalue weighted by Crippen LogP contribution is -2.30. The maximum atomic E-state index is 13.0. The van der Waals surface area contributed by atoms with E-state index in [0.717, 1.165) is 167 Å². The minimum atomic E-state index is -4.95. The molecule has 0 amide bonds. The first-order valence-corrected chi connectivity index (χ1v) is 44.8. The predicted octanol–water partition coefficient (Wildman–Crippen LogP) is 25.0. The second kappa shape index (κ2) is 80.7. The van der Waals surface area contributed by atoms with E-state index in [-0.39, 0.29) is 19.3 Å². The van der Waals surface area contributed by atoms with Crippen LogP contribution in [-0.2, 0) is 55.8 Å². The lowest BCUT2D eigenvalue weighted by atomic mass is 10.0. The number of allylic oxidation sites excluding steroid dienone is 26. The summed E-state index contributed by atoms with van der Waals surface area (Å²) in [7, 11) is -9.81. The van der Waals surface area contributed by atoms with Crippen LogP contribution in [0.5, 0.6) is 0 Å². The smallest absolute Gasteiger partial charge is 0.463 e. The van der Waals surface area contributed by atoms with Crippen LogP contribution in [0.2, 0.25) is 0 Å². The Morgan fingerprint density at radius 2 is 0.495 bits per heavy atom. The Morgan fingerprint density at radius 3 is 0.785 bits per heavy atom. The molecule has 0 saturated carbocycles. The van der Waals surface area contributed by atoms with Crippen molar-refractivity contribution < 1.29 is 75.8 Å². The van der Waals surface area contributed by atoms with Crippen LogP contribution in [-0.4, -0.2) is 95.9 Å². The number of hydrogen-bond donors (Lipinski definition) is 4. The van der Waals surface area contributed by atoms with Crippen LogP contribution in [0.3, 0.4) is 0 Å². The molecule has 5 unspecified atom stereocenters. The number of rotatable bonds is 78. The van der Waals surface area contributed by atoms with Gasteiger partial charge in [0.15, 0.2) is 6.10 Å². The molecule has 612 valence electrons. The number of unbranched alkanes of at least 4 members (excludes halogenated alkanes) is 29. The van der Waals surface area contributed by atoms with Gasteiger partial charge in [-0.05, 0) is 148 Å². The second-order valence-electron chi connectivity index (χ2n) is 27.5. The van der Waals surface area contributed by atoms with Gasteiger partial charge in [-0.15, -0.1) is 0 Å². The highest BCUT2D eigenvalue weighted by Crippen LogP contribution is 2.45. The first-order chi connectivity index (χ1) is 52.2. The summed E-state index contributed by atoms with van der Waals surface area (Å²) in [5.74, 6) is -1.61. The van der Waals surface area contributed by atoms with Crippen molar-refractivity contribution in [2.24, 2.45) is 0 Å². The zero-order valence-electron chi connectivity index (χ0n) is 67.0. The minimum absolute atomic E-state index is 0.0767. The molecule has 0 bridgehead atoms. The normalized spacial score (nSPS) is 14.7. The molecule has 0 aromatic carbocycles. The first kappa shape index (κ1) is 102. The second-order valence-corrected chi connectivity index (χ2v) is 30.4. The van der Waals surface area contributed by atoms with Crippen molar-refractivity contribution in [1.29, 1.82) is 0 Å². The summed E-state index contributed by atoms with van der Waals surface area (Å²) in [6.45, 7) is 2.40. The van der Waals surface area contributed by atoms with Gasteiger partial charge in [-0.2, -0.15) is 0 Å². The Hall–Kier alpha value is -4.83. The van der Waals surface area contributed by atoms with Crippen molar-refractivity contribution in [3.8, 4) is 0 Å². The van der Waals surface area contributed by atoms with E-state index in [4.69, 9.17) is 32.3 Å². The summed E-state index contributed by atoms with van der Waals surface area (Å²) >= 11 is 0. The van der Waals surface area contributed by atoms with Crippen molar-refractivity contribution in [3.63, 3.8) is 0 Å². The molecule has 0 aromatic heterocycles. The lowest BCUT2D eigenvalue weighted by molar-refractivity contribution is -0.161. The maximum absolute atomic E-state index is 13.0. The van der Waals surface area contributed by atoms with Gasteiger partial charge in [0.2, 0.25) is 0 Å². The third-order valence-electron chi connectivity index (χ3n) is 17.2. The SMILES string of the molecule is CC/C=C\C/C=C\C/C=C\C/C=C\C/C=C\C/C=C\CCCCCCCCC(=O)OCC(COP(=O)(O)OCC(O)COP(=O)(O)OCC(O)COC(=O)CCCCCCCCCCCCCCCCC/C=C\C/C=C\C/C=C\C/C=C\CCCCC)OC(=O)CCCCCCC/C=C\C/C=C\C/C=C\CC. The minimum Gasteiger partial charge on any atom is -0.463 e. The van der Waals surface area contributed by atoms with Gasteiger partial charge in [-0.3, -0.25) is 32.5 Å². The summed E-state index contributed by atoms with van der Waals surface area (Å²) in [5.41, 5.74) is 0. The van der Waals surface area contributed by atoms with Crippen LogP contribution in [0.15, 0.2) is 158 Å². The third-order valence-corrected chi connectivity index (χ3v) is 19.1. The molecule has 0 fully saturated rings. The van der Waals surface area contributed by atoms with E-state index in [1.54, 1.807) is 0 Å². The zero-order chi connectivity index (χ0) is 78.0. The van der Waals surface area contributed by atoms with Crippen LogP contribution in [0, 0.1) is 0 Å². The zero-order valence-corrected chi connectivity index (χ0v) is 68.8. The summed E-state index contributed by atoms with van der Waals surface area (Å²) in [6, 6.07) is 0. The van der Waals surface area contributed by atoms with Gasteiger partial charge in [-0.1, -0.05) is 320 Å². The summed E-state index contributed by atoms with van der Waals surface area (Å²) in [4.78, 5) is 58.7. The third kappa shape index (κ3) is 82.0. The molecule has 0 aliphatic rings. The Bertz CT molecular complexity index is 2580. The monoisotopic (exact) mass is 1540 g/mol. The van der Waals surface area contributed by atoms with Gasteiger partial charge in [0.1, 0.15) is 25.4 Å². The average molecular weight is 1540 g/mol. The number of esters is 3. The molecule has 16 nitrogen and oxygen atoms in total. The highest BCUT2D eigenvalue weighted by atomic mass is 31.2. The molecule has 0 heterocycles. The summed E-state index contributed by atoms with van der Waals surface area (Å²) < 4.78 is 61.2. The summed E-state index contributed by atoms with van der Waals surface area (Å²) in [5, 5.41) is 20.7. The van der Waals surface area contributed by atoms with Gasteiger partial charge in [0.25, 0.3) is 0 Å². The number of carbonyl (C=O) groups is 3. The van der Waals surface area contributed by atoms with Crippen LogP contribution in [0.25, 0.3) is 0 Å². The molecular formula is C89H150O16P2. The largest absolute Gasteiger partial charge is 0.472 e. The van der Waals surface area contributed by atoms with E-state index >= 15 is 0 Å². The van der Waals surface area contributed by atoms with Gasteiger partial charge in [0, 0.05) is 19.3 Å². The van der Waals surface area contributed by atoms with Crippen molar-refractivity contribution >= 4 is 33.6 Å². The molecule has 5 atom stereocenters. The fraction of sp³-hybridized carbons (Fsp3) is 0.674. The highest BCUT2D eigenvalue weighted by molar-refractivity contribution is 7.47. The number of aliphatic hydroxyl groups is 2. The molecule has 18 heteroatoms. The van der Waals surface area contributed by atoms with Gasteiger partial charge >= 0.3 is 33.6 Å². The standard InChI is InChI=1S/C89H150O16P2/c1-4-7-10-13-16-19-22-25-28-30-32-34-36-38-39-40-41-42-43-45-47-48-50-52-55-57-60-63-66-69-72-75-87(92)99-78-84(90)79-101-106(95,96)102-80-85(91)81-103-107(97,98)104-83-86(105-89(94)77-74-71-68-65-62-59-54-27-24-21-18-15-12-9-6-3)82-100-88(93)76-73-70-67-64-61-58-56-53-51-49-46-44-37-35-33-31-29-26-23-20-17-14-11-8-5-2/h8-9,11-12,16-21,25-29,32-35,38-39,44,46,51,53-54,84-86,90-91H,4-7,10,13-15,22-24,30-31,36-37,40-43,45,47-50,52,55-83H2,1-3H3,(H,95,96)(H,97,98)/b11-8-,12-9-,19-16-,20-17-,21-18-,28-25-,29-26-,34-32-,35-33-,39-38-,46-44-,53-51-,54-27-. The van der Waals surface area contributed by atoms with E-state index in [0.29, 0.717) is 19.3 Å². The molecule has 0 aromatic rings. The van der Waals surface area contributed by atoms with Crippen molar-refractivity contribution in [1.82, 2.24) is 0 Å². The fourth-order valence-electron chi connectivity index (χ4n) is 10.9. The van der Waals surface area contributed by atoms with Gasteiger partial charge in [-0.25, -0.2) is 9.13 Å². The topological polar surface area (TPSA) is 231 Å². The fourth-order valence-corrected chi connectivity index (χ4v) is 12.5. The number of carbonyl (C=O) groups excluding carboxylic acids is 3. The predicted molar refractivity (Wildman–Crippen MR) is 445 cm³/mol. The quantitative estimate of drug-likeness (QED) is 0.0146. The Kier molecular flexibility index (Phi) is 77.0. The molecule has 4 N–H and O–H groups in total. The number of phosphoric acid groups is 2. The van der Waals surface area contributed by atoms with E-state index in [1.807, 2.05) is 0 Å². The number of ether oxygens (including phenoxy) is 3. The van der Waals surface area contributed by atoms with Crippen LogP contribution >= 0.6 is 15.6 Å². The lowest BCUT2D eigenvalue weighted by Gasteiger charge is -2.21. The van der Waals surface area contributed by atoms with Crippen LogP contribution in [0.1, 0.15) is 329 Å². The first-order valence-electron chi connectivity index (χ1n) is 41.8. The van der Waals surface area contributed by atoms with E-state index < -0.39 is 91.5 Å². The highest BCUT2D eigenvalue weighted by Gasteiger charge is 2.29. The van der Waals surface area contributed by atoms with E-state index in [1.165, 1.54) is 103 Å². The number of hydrogen-bond acceptors (Lipinski definition) is 14. The Balaban J connectivity index is 4.53. The molecule has 0 radical (unpaired) electrons. The molecule has 107 heavy (non-hydrogen) atoms. The number of phosphoric ester groups is 2. The van der Waals surface area contributed by atoms with Crippen molar-refractivity contribution in [3.05, 3.63) is 158 Å². The molecule has 0 spiro atoms. The Labute approximate surface area is 650 Å². The summed E-state index contributed by atoms with van der Waals surface area (Å²) in [6.07, 6.45) is 102. The van der Waals surface area contributed by atoms with Crippen LogP contribution in [0.4, 0.5) is 0 Å². The maximum Gasteiger partial charge on any atom is 0.472 e. The Morgan fingerprint density at radius 1 is 0.271 bits per heavy atom. The molecule has 0 saturated heterocycles. The number of aliphatic hydroxyl groups excluding tert-OH is 2. The molecular weight excluding hydrogens is 1390 g/mol. The van der Waals surface area contributed by atoms with E-state index in [2.05, 4.69) is 179 Å². The molecule has 0 rings (SSSR count).